The van der Waals surface area contributed by atoms with Gasteiger partial charge in [-0.2, -0.15) is 0 Å². The van der Waals surface area contributed by atoms with Gasteiger partial charge in [-0.05, 0) is 37.1 Å². The van der Waals surface area contributed by atoms with E-state index in [1.807, 2.05) is 0 Å². The third-order valence-corrected chi connectivity index (χ3v) is 3.29. The van der Waals surface area contributed by atoms with Gasteiger partial charge >= 0.3 is 0 Å². The van der Waals surface area contributed by atoms with Crippen molar-refractivity contribution in [3.8, 4) is 0 Å². The molecule has 1 amide bonds. The lowest BCUT2D eigenvalue weighted by Crippen LogP contribution is -2.38. The Kier molecular flexibility index (Phi) is 13.7. The fourth-order valence-corrected chi connectivity index (χ4v) is 1.98. The first-order valence-electron chi connectivity index (χ1n) is 7.64. The number of carbonyl (C=O) groups excluding carboxylic acids is 1. The lowest BCUT2D eigenvalue weighted by Gasteiger charge is -2.11. The second-order valence-corrected chi connectivity index (χ2v) is 5.37. The van der Waals surface area contributed by atoms with Crippen molar-refractivity contribution in [3.05, 3.63) is 29.3 Å². The molecule has 0 spiro atoms. The van der Waals surface area contributed by atoms with E-state index in [0.29, 0.717) is 18.0 Å². The highest BCUT2D eigenvalue weighted by molar-refractivity contribution is 14.0. The molecule has 0 bridgehead atoms. The first-order chi connectivity index (χ1) is 11.2. The molecule has 0 unspecified atom stereocenters. The molecule has 0 aliphatic carbocycles. The van der Waals surface area contributed by atoms with Gasteiger partial charge in [-0.3, -0.25) is 9.79 Å². The maximum atomic E-state index is 11.8. The Balaban J connectivity index is 0.00000529. The summed E-state index contributed by atoms with van der Waals surface area (Å²) in [7, 11) is 3.40. The standard InChI is InChI=1S/C16H25ClN4O2.HI/c1-18-16(20-11-4-12-23-2)19-10-3-5-15(22)21-14-8-6-13(17)7-9-14;/h6-9H,3-5,10-12H2,1-2H3,(H,21,22)(H2,18,19,20);1H. The first-order valence-corrected chi connectivity index (χ1v) is 8.02. The summed E-state index contributed by atoms with van der Waals surface area (Å²) in [6.07, 6.45) is 2.08. The Bertz CT molecular complexity index is 497. The Morgan fingerprint density at radius 1 is 1.17 bits per heavy atom. The van der Waals surface area contributed by atoms with E-state index in [-0.39, 0.29) is 29.9 Å². The van der Waals surface area contributed by atoms with E-state index in [1.54, 1.807) is 38.4 Å². The zero-order valence-electron chi connectivity index (χ0n) is 14.1. The van der Waals surface area contributed by atoms with Crippen LogP contribution < -0.4 is 16.0 Å². The van der Waals surface area contributed by atoms with Crippen LogP contribution in [0.15, 0.2) is 29.3 Å². The highest BCUT2D eigenvalue weighted by Crippen LogP contribution is 2.13. The Hall–Kier alpha value is -1.06. The number of nitrogens with zero attached hydrogens (tertiary/aromatic N) is 1. The molecule has 1 aromatic carbocycles. The quantitative estimate of drug-likeness (QED) is 0.225. The molecule has 3 N–H and O–H groups in total. The van der Waals surface area contributed by atoms with Crippen LogP contribution in [0.2, 0.25) is 5.02 Å². The maximum Gasteiger partial charge on any atom is 0.224 e. The van der Waals surface area contributed by atoms with Crippen LogP contribution in [-0.4, -0.2) is 45.7 Å². The molecular formula is C16H26ClIN4O2. The topological polar surface area (TPSA) is 74.8 Å². The number of carbonyl (C=O) groups is 1. The maximum absolute atomic E-state index is 11.8. The third-order valence-electron chi connectivity index (χ3n) is 3.04. The number of nitrogens with one attached hydrogen (secondary N) is 3. The molecule has 0 saturated heterocycles. The van der Waals surface area contributed by atoms with Gasteiger partial charge in [0.25, 0.3) is 0 Å². The number of amides is 1. The predicted molar refractivity (Wildman–Crippen MR) is 111 cm³/mol. The van der Waals surface area contributed by atoms with E-state index < -0.39 is 0 Å². The second-order valence-electron chi connectivity index (χ2n) is 4.93. The van der Waals surface area contributed by atoms with Crippen molar-refractivity contribution in [2.45, 2.75) is 19.3 Å². The monoisotopic (exact) mass is 468 g/mol. The fourth-order valence-electron chi connectivity index (χ4n) is 1.86. The number of rotatable bonds is 9. The molecule has 0 atom stereocenters. The van der Waals surface area contributed by atoms with Crippen molar-refractivity contribution in [1.29, 1.82) is 0 Å². The third kappa shape index (κ3) is 10.7. The van der Waals surface area contributed by atoms with Gasteiger partial charge in [-0.15, -0.1) is 24.0 Å². The highest BCUT2D eigenvalue weighted by Gasteiger charge is 2.03. The summed E-state index contributed by atoms with van der Waals surface area (Å²) in [6, 6.07) is 7.06. The van der Waals surface area contributed by atoms with E-state index in [1.165, 1.54) is 0 Å². The molecule has 0 heterocycles. The van der Waals surface area contributed by atoms with Crippen LogP contribution in [0, 0.1) is 0 Å². The molecule has 6 nitrogen and oxygen atoms in total. The van der Waals surface area contributed by atoms with Crippen LogP contribution in [-0.2, 0) is 9.53 Å². The molecule has 1 aromatic rings. The van der Waals surface area contributed by atoms with Crippen molar-refractivity contribution in [1.82, 2.24) is 10.6 Å². The summed E-state index contributed by atoms with van der Waals surface area (Å²) in [6.45, 7) is 2.19. The number of methoxy groups -OCH3 is 1. The van der Waals surface area contributed by atoms with Gasteiger partial charge in [-0.1, -0.05) is 11.6 Å². The van der Waals surface area contributed by atoms with E-state index in [9.17, 15) is 4.79 Å². The average molecular weight is 469 g/mol. The smallest absolute Gasteiger partial charge is 0.224 e. The Labute approximate surface area is 165 Å². The second kappa shape index (κ2) is 14.3. The number of hydrogen-bond donors (Lipinski definition) is 3. The highest BCUT2D eigenvalue weighted by atomic mass is 127. The minimum Gasteiger partial charge on any atom is -0.385 e. The Morgan fingerprint density at radius 2 is 1.79 bits per heavy atom. The van der Waals surface area contributed by atoms with Gasteiger partial charge in [0, 0.05) is 51.0 Å². The normalized spacial score (nSPS) is 10.7. The van der Waals surface area contributed by atoms with Crippen LogP contribution in [0.5, 0.6) is 0 Å². The van der Waals surface area contributed by atoms with Gasteiger partial charge in [0.1, 0.15) is 0 Å². The molecule has 0 aliphatic heterocycles. The number of anilines is 1. The van der Waals surface area contributed by atoms with Crippen LogP contribution >= 0.6 is 35.6 Å². The van der Waals surface area contributed by atoms with E-state index >= 15 is 0 Å². The van der Waals surface area contributed by atoms with E-state index in [4.69, 9.17) is 16.3 Å². The summed E-state index contributed by atoms with van der Waals surface area (Å²) in [5, 5.41) is 9.84. The summed E-state index contributed by atoms with van der Waals surface area (Å²) in [5.41, 5.74) is 0.753. The van der Waals surface area contributed by atoms with E-state index in [2.05, 4.69) is 20.9 Å². The van der Waals surface area contributed by atoms with Gasteiger partial charge in [0.05, 0.1) is 0 Å². The van der Waals surface area contributed by atoms with Crippen LogP contribution in [0.25, 0.3) is 0 Å². The van der Waals surface area contributed by atoms with E-state index in [0.717, 1.165) is 37.6 Å². The molecule has 0 saturated carbocycles. The lowest BCUT2D eigenvalue weighted by atomic mass is 10.2. The summed E-state index contributed by atoms with van der Waals surface area (Å²) in [4.78, 5) is 15.9. The Morgan fingerprint density at radius 3 is 2.38 bits per heavy atom. The minimum atomic E-state index is -0.0165. The van der Waals surface area contributed by atoms with Crippen molar-refractivity contribution < 1.29 is 9.53 Å². The zero-order valence-corrected chi connectivity index (χ0v) is 17.2. The number of aliphatic imine (C=N–C) groups is 1. The van der Waals surface area contributed by atoms with Gasteiger partial charge in [-0.25, -0.2) is 0 Å². The molecule has 0 fully saturated rings. The van der Waals surface area contributed by atoms with Crippen LogP contribution in [0.3, 0.4) is 0 Å². The number of halogens is 2. The zero-order chi connectivity index (χ0) is 16.9. The molecule has 136 valence electrons. The van der Waals surface area contributed by atoms with Crippen LogP contribution in [0.1, 0.15) is 19.3 Å². The molecule has 24 heavy (non-hydrogen) atoms. The summed E-state index contributed by atoms with van der Waals surface area (Å²) in [5.74, 6) is 0.719. The van der Waals surface area contributed by atoms with Crippen molar-refractivity contribution in [2.24, 2.45) is 4.99 Å². The van der Waals surface area contributed by atoms with Gasteiger partial charge in [0.2, 0.25) is 5.91 Å². The van der Waals surface area contributed by atoms with Crippen molar-refractivity contribution in [2.75, 3.05) is 39.2 Å². The number of guanidine groups is 1. The molecule has 8 heteroatoms. The summed E-state index contributed by atoms with van der Waals surface area (Å²) < 4.78 is 4.99. The SMILES string of the molecule is CN=C(NCCCOC)NCCCC(=O)Nc1ccc(Cl)cc1.I. The average Bonchev–Trinajstić information content (AvgIpc) is 2.55. The lowest BCUT2D eigenvalue weighted by molar-refractivity contribution is -0.116. The number of benzene rings is 1. The molecule has 0 aliphatic rings. The summed E-state index contributed by atoms with van der Waals surface area (Å²) >= 11 is 5.80. The van der Waals surface area contributed by atoms with Crippen molar-refractivity contribution >= 4 is 53.1 Å². The number of hydrogen-bond acceptors (Lipinski definition) is 3. The molecule has 1 rings (SSSR count). The minimum absolute atomic E-state index is 0. The van der Waals surface area contributed by atoms with Gasteiger partial charge < -0.3 is 20.7 Å². The molecule has 0 aromatic heterocycles. The largest absolute Gasteiger partial charge is 0.385 e. The van der Waals surface area contributed by atoms with Gasteiger partial charge in [0.15, 0.2) is 5.96 Å². The number of ether oxygens (including phenoxy) is 1. The van der Waals surface area contributed by atoms with Crippen LogP contribution in [0.4, 0.5) is 5.69 Å². The van der Waals surface area contributed by atoms with Crippen molar-refractivity contribution in [3.63, 3.8) is 0 Å². The fraction of sp³-hybridized carbons (Fsp3) is 0.500. The molecule has 0 radical (unpaired) electrons. The predicted octanol–water partition coefficient (Wildman–Crippen LogP) is 2.88. The first kappa shape index (κ1) is 22.9. The molecular weight excluding hydrogens is 443 g/mol.